The van der Waals surface area contributed by atoms with Crippen molar-refractivity contribution in [3.05, 3.63) is 102 Å². The monoisotopic (exact) mass is 825 g/mol. The summed E-state index contributed by atoms with van der Waals surface area (Å²) in [4.78, 5) is 41.1. The standard InChI is InChI=1S/C44H55N7O9/c1-32-15-17-46-41(28-32)45-16-5-8-42(52)47-30-43(53)48-39(29-44(54)55)35-11-9-34(10-12-35)36-13-14-40(38-7-4-3-6-37(36)38)60-27-26-59-25-24-58-23-22-57-21-20-56-19-18-51-31-33(2)49-50-51/h3-4,6-7,9-15,17,28,31,39H,5,8,16,18-27,29-30H2,1-2H3,(H,45,46)(H,47,52)(H,48,53)(H,54,55)/t39-/m0/s1. The molecule has 2 aromatic heterocycles. The highest BCUT2D eigenvalue weighted by Gasteiger charge is 2.19. The van der Waals surface area contributed by atoms with Gasteiger partial charge in [0.15, 0.2) is 0 Å². The van der Waals surface area contributed by atoms with Gasteiger partial charge in [0, 0.05) is 30.7 Å². The minimum Gasteiger partial charge on any atom is -0.491 e. The second-order valence-corrected chi connectivity index (χ2v) is 13.9. The number of nitrogens with zero attached hydrogens (tertiary/aromatic N) is 4. The summed E-state index contributed by atoms with van der Waals surface area (Å²) in [7, 11) is 0. The summed E-state index contributed by atoms with van der Waals surface area (Å²) in [6.07, 6.45) is 4.05. The molecule has 0 saturated heterocycles. The van der Waals surface area contributed by atoms with Gasteiger partial charge in [0.05, 0.1) is 84.1 Å². The Hall–Kier alpha value is -5.94. The Morgan fingerprint density at radius 1 is 0.783 bits per heavy atom. The lowest BCUT2D eigenvalue weighted by molar-refractivity contribution is -0.138. The van der Waals surface area contributed by atoms with E-state index in [2.05, 4.69) is 31.2 Å². The smallest absolute Gasteiger partial charge is 0.305 e. The number of carboxylic acids is 1. The second-order valence-electron chi connectivity index (χ2n) is 13.9. The summed E-state index contributed by atoms with van der Waals surface area (Å²) in [5, 5.41) is 28.0. The molecule has 0 aliphatic rings. The molecule has 0 spiro atoms. The minimum absolute atomic E-state index is 0.224. The molecule has 2 heterocycles. The maximum atomic E-state index is 12.8. The van der Waals surface area contributed by atoms with Crippen molar-refractivity contribution in [2.24, 2.45) is 0 Å². The minimum atomic E-state index is -1.06. The van der Waals surface area contributed by atoms with Gasteiger partial charge >= 0.3 is 5.97 Å². The molecule has 320 valence electrons. The number of hydrogen-bond acceptors (Lipinski definition) is 12. The number of carboxylic acid groups (broad SMARTS) is 1. The van der Waals surface area contributed by atoms with Gasteiger partial charge in [-0.05, 0) is 66.1 Å². The number of nitrogens with one attached hydrogen (secondary N) is 3. The number of aryl methyl sites for hydroxylation is 2. The zero-order chi connectivity index (χ0) is 42.4. The summed E-state index contributed by atoms with van der Waals surface area (Å²) < 4.78 is 30.2. The lowest BCUT2D eigenvalue weighted by Crippen LogP contribution is -2.39. The van der Waals surface area contributed by atoms with Gasteiger partial charge in [-0.3, -0.25) is 14.4 Å². The number of benzene rings is 3. The van der Waals surface area contributed by atoms with E-state index in [0.29, 0.717) is 84.5 Å². The molecular weight excluding hydrogens is 771 g/mol. The number of carbonyl (C=O) groups is 3. The van der Waals surface area contributed by atoms with Gasteiger partial charge in [-0.15, -0.1) is 5.10 Å². The first kappa shape index (κ1) is 45.1. The van der Waals surface area contributed by atoms with Crippen LogP contribution in [0.3, 0.4) is 0 Å². The zero-order valence-corrected chi connectivity index (χ0v) is 34.3. The van der Waals surface area contributed by atoms with Gasteiger partial charge in [0.1, 0.15) is 18.2 Å². The fourth-order valence-electron chi connectivity index (χ4n) is 6.22. The van der Waals surface area contributed by atoms with Crippen LogP contribution in [-0.4, -0.2) is 115 Å². The van der Waals surface area contributed by atoms with Crippen molar-refractivity contribution >= 4 is 34.4 Å². The number of hydrogen-bond donors (Lipinski definition) is 4. The van der Waals surface area contributed by atoms with E-state index in [1.807, 2.05) is 92.8 Å². The number of aliphatic carboxylic acids is 1. The molecule has 16 heteroatoms. The zero-order valence-electron chi connectivity index (χ0n) is 34.3. The first-order chi connectivity index (χ1) is 29.2. The predicted molar refractivity (Wildman–Crippen MR) is 226 cm³/mol. The van der Waals surface area contributed by atoms with Gasteiger partial charge in [-0.2, -0.15) is 0 Å². The van der Waals surface area contributed by atoms with Crippen LogP contribution in [0, 0.1) is 13.8 Å². The van der Waals surface area contributed by atoms with Crippen LogP contribution in [0.5, 0.6) is 5.75 Å². The van der Waals surface area contributed by atoms with Crippen LogP contribution in [0.15, 0.2) is 85.2 Å². The Morgan fingerprint density at radius 2 is 1.47 bits per heavy atom. The van der Waals surface area contributed by atoms with Gasteiger partial charge in [-0.1, -0.05) is 59.8 Å². The Morgan fingerprint density at radius 3 is 2.13 bits per heavy atom. The van der Waals surface area contributed by atoms with E-state index in [1.165, 1.54) is 0 Å². The van der Waals surface area contributed by atoms with Gasteiger partial charge in [0.2, 0.25) is 11.8 Å². The van der Waals surface area contributed by atoms with E-state index in [1.54, 1.807) is 10.9 Å². The van der Waals surface area contributed by atoms with Crippen LogP contribution in [0.2, 0.25) is 0 Å². The number of fused-ring (bicyclic) bond motifs is 1. The summed E-state index contributed by atoms with van der Waals surface area (Å²) in [6.45, 7) is 8.93. The van der Waals surface area contributed by atoms with Crippen molar-refractivity contribution < 1.29 is 43.2 Å². The number of pyridine rings is 1. The fraction of sp³-hybridized carbons (Fsp3) is 0.409. The second kappa shape index (κ2) is 24.9. The normalized spacial score (nSPS) is 11.6. The Kier molecular flexibility index (Phi) is 18.7. The summed E-state index contributed by atoms with van der Waals surface area (Å²) in [5.74, 6) is -0.344. The van der Waals surface area contributed by atoms with Gasteiger partial charge in [-0.25, -0.2) is 9.67 Å². The first-order valence-electron chi connectivity index (χ1n) is 20.1. The molecule has 0 fully saturated rings. The summed E-state index contributed by atoms with van der Waals surface area (Å²) >= 11 is 0. The molecule has 2 amide bonds. The number of aromatic nitrogens is 4. The van der Waals surface area contributed by atoms with Crippen LogP contribution in [-0.2, 0) is 39.9 Å². The number of amides is 2. The highest BCUT2D eigenvalue weighted by molar-refractivity contribution is 6.00. The van der Waals surface area contributed by atoms with Crippen molar-refractivity contribution in [3.8, 4) is 16.9 Å². The van der Waals surface area contributed by atoms with Crippen molar-refractivity contribution in [3.63, 3.8) is 0 Å². The van der Waals surface area contributed by atoms with E-state index in [-0.39, 0.29) is 25.3 Å². The SMILES string of the molecule is Cc1ccnc(NCCCC(=O)NCC(=O)N[C@@H](CC(=O)O)c2ccc(-c3ccc(OCCOCCOCCOCCOCCn4cc(C)nn4)c4ccccc34)cc2)c1. The Balaban J connectivity index is 0.995. The average Bonchev–Trinajstić information content (AvgIpc) is 3.67. The van der Waals surface area contributed by atoms with E-state index >= 15 is 0 Å². The molecule has 0 aliphatic carbocycles. The Labute approximate surface area is 349 Å². The van der Waals surface area contributed by atoms with Crippen molar-refractivity contribution in [2.75, 3.05) is 77.9 Å². The largest absolute Gasteiger partial charge is 0.491 e. The molecule has 60 heavy (non-hydrogen) atoms. The topological polar surface area (TPSA) is 197 Å². The number of carbonyl (C=O) groups excluding carboxylic acids is 2. The molecule has 0 radical (unpaired) electrons. The van der Waals surface area contributed by atoms with Crippen molar-refractivity contribution in [1.82, 2.24) is 30.6 Å². The third-order valence-electron chi connectivity index (χ3n) is 9.19. The molecule has 0 aliphatic heterocycles. The lowest BCUT2D eigenvalue weighted by Gasteiger charge is -2.19. The molecule has 1 atom stereocenters. The molecule has 4 N–H and O–H groups in total. The lowest BCUT2D eigenvalue weighted by atomic mass is 9.95. The molecular formula is C44H55N7O9. The van der Waals surface area contributed by atoms with E-state index < -0.39 is 17.9 Å². The maximum Gasteiger partial charge on any atom is 0.305 e. The molecule has 0 bridgehead atoms. The quantitative estimate of drug-likeness (QED) is 0.0498. The maximum absolute atomic E-state index is 12.8. The molecule has 3 aromatic carbocycles. The van der Waals surface area contributed by atoms with Crippen LogP contribution in [0.4, 0.5) is 5.82 Å². The van der Waals surface area contributed by atoms with Crippen LogP contribution >= 0.6 is 0 Å². The summed E-state index contributed by atoms with van der Waals surface area (Å²) in [5.41, 5.74) is 4.48. The van der Waals surface area contributed by atoms with Crippen LogP contribution < -0.4 is 20.7 Å². The molecule has 0 saturated carbocycles. The highest BCUT2D eigenvalue weighted by Crippen LogP contribution is 2.35. The number of anilines is 1. The number of rotatable bonds is 28. The van der Waals surface area contributed by atoms with E-state index in [9.17, 15) is 19.5 Å². The van der Waals surface area contributed by atoms with Gasteiger partial charge in [0.25, 0.3) is 0 Å². The third kappa shape index (κ3) is 15.7. The molecule has 5 aromatic rings. The van der Waals surface area contributed by atoms with Crippen LogP contribution in [0.25, 0.3) is 21.9 Å². The molecule has 5 rings (SSSR count). The van der Waals surface area contributed by atoms with E-state index in [4.69, 9.17) is 23.7 Å². The predicted octanol–water partition coefficient (Wildman–Crippen LogP) is 4.90. The number of ether oxygens (including phenoxy) is 5. The van der Waals surface area contributed by atoms with Crippen molar-refractivity contribution in [1.29, 1.82) is 0 Å². The molecule has 0 unspecified atom stereocenters. The fourth-order valence-corrected chi connectivity index (χ4v) is 6.22. The van der Waals surface area contributed by atoms with Crippen molar-refractivity contribution in [2.45, 2.75) is 45.7 Å². The Bertz CT molecular complexity index is 2090. The highest BCUT2D eigenvalue weighted by atomic mass is 16.6. The third-order valence-corrected chi connectivity index (χ3v) is 9.19. The van der Waals surface area contributed by atoms with Crippen LogP contribution in [0.1, 0.15) is 42.1 Å². The molecule has 16 nitrogen and oxygen atoms in total. The van der Waals surface area contributed by atoms with Gasteiger partial charge < -0.3 is 44.7 Å². The van der Waals surface area contributed by atoms with E-state index in [0.717, 1.165) is 44.7 Å². The first-order valence-corrected chi connectivity index (χ1v) is 20.1. The summed E-state index contributed by atoms with van der Waals surface area (Å²) in [6, 6.07) is 22.3. The average molecular weight is 826 g/mol.